The molecule has 4 heteroatoms. The van der Waals surface area contributed by atoms with E-state index in [1.54, 1.807) is 0 Å². The molecule has 1 aromatic rings. The van der Waals surface area contributed by atoms with Crippen molar-refractivity contribution >= 4 is 11.6 Å². The molecule has 0 unspecified atom stereocenters. The molecular formula is C15H22ClNO2. The van der Waals surface area contributed by atoms with Crippen molar-refractivity contribution in [1.29, 1.82) is 0 Å². The molecule has 19 heavy (non-hydrogen) atoms. The van der Waals surface area contributed by atoms with Crippen LogP contribution >= 0.6 is 11.6 Å². The number of halogens is 1. The van der Waals surface area contributed by atoms with Crippen molar-refractivity contribution in [2.75, 3.05) is 13.4 Å². The summed E-state index contributed by atoms with van der Waals surface area (Å²) < 4.78 is 11.2. The zero-order valence-corrected chi connectivity index (χ0v) is 12.4. The van der Waals surface area contributed by atoms with E-state index in [0.717, 1.165) is 30.4 Å². The normalized spacial score (nSPS) is 14.9. The predicted octanol–water partition coefficient (Wildman–Crippen LogP) is 3.60. The van der Waals surface area contributed by atoms with Gasteiger partial charge in [-0.25, -0.2) is 0 Å². The predicted molar refractivity (Wildman–Crippen MR) is 77.6 cm³/mol. The highest BCUT2D eigenvalue weighted by Gasteiger charge is 2.21. The zero-order valence-electron chi connectivity index (χ0n) is 11.6. The molecular weight excluding hydrogens is 262 g/mol. The minimum absolute atomic E-state index is 0.273. The van der Waals surface area contributed by atoms with Gasteiger partial charge >= 0.3 is 0 Å². The smallest absolute Gasteiger partial charge is 0.189 e. The maximum Gasteiger partial charge on any atom is 0.189 e. The topological polar surface area (TPSA) is 30.5 Å². The number of hydrogen-bond donors (Lipinski definition) is 1. The number of para-hydroxylation sites is 1. The Hall–Kier alpha value is -0.770. The molecule has 0 bridgehead atoms. The Morgan fingerprint density at radius 2 is 2.16 bits per heavy atom. The minimum atomic E-state index is 0.273. The Labute approximate surface area is 120 Å². The van der Waals surface area contributed by atoms with Crippen molar-refractivity contribution in [1.82, 2.24) is 5.32 Å². The van der Waals surface area contributed by atoms with Gasteiger partial charge in [-0.15, -0.1) is 0 Å². The lowest BCUT2D eigenvalue weighted by Gasteiger charge is -2.15. The molecule has 0 saturated heterocycles. The summed E-state index contributed by atoms with van der Waals surface area (Å²) in [5.41, 5.74) is 1.07. The summed E-state index contributed by atoms with van der Waals surface area (Å²) in [5, 5.41) is 4.01. The molecule has 0 radical (unpaired) electrons. The van der Waals surface area contributed by atoms with Crippen LogP contribution in [-0.2, 0) is 11.3 Å². The Morgan fingerprint density at radius 3 is 2.84 bits per heavy atom. The van der Waals surface area contributed by atoms with Gasteiger partial charge < -0.3 is 14.8 Å². The van der Waals surface area contributed by atoms with Crippen molar-refractivity contribution in [3.8, 4) is 5.75 Å². The SMILES string of the molecule is CC(C)NCc1cccc(Cl)c1OCOCC1CC1. The second-order valence-electron chi connectivity index (χ2n) is 5.34. The first kappa shape index (κ1) is 14.6. The van der Waals surface area contributed by atoms with Gasteiger partial charge in [0.1, 0.15) is 5.75 Å². The van der Waals surface area contributed by atoms with Crippen LogP contribution in [0.1, 0.15) is 32.3 Å². The lowest BCUT2D eigenvalue weighted by molar-refractivity contribution is 0.00946. The molecule has 1 fully saturated rings. The number of nitrogens with one attached hydrogen (secondary N) is 1. The van der Waals surface area contributed by atoms with Crippen molar-refractivity contribution in [3.63, 3.8) is 0 Å². The van der Waals surface area contributed by atoms with Crippen LogP contribution in [0.25, 0.3) is 0 Å². The van der Waals surface area contributed by atoms with E-state index >= 15 is 0 Å². The van der Waals surface area contributed by atoms with Crippen LogP contribution in [0.3, 0.4) is 0 Å². The average Bonchev–Trinajstić information content (AvgIpc) is 3.18. The lowest BCUT2D eigenvalue weighted by atomic mass is 10.2. The summed E-state index contributed by atoms with van der Waals surface area (Å²) in [6.07, 6.45) is 2.57. The van der Waals surface area contributed by atoms with Crippen LogP contribution < -0.4 is 10.1 Å². The maximum absolute atomic E-state index is 6.19. The van der Waals surface area contributed by atoms with Gasteiger partial charge in [0.2, 0.25) is 0 Å². The molecule has 0 amide bonds. The van der Waals surface area contributed by atoms with E-state index in [4.69, 9.17) is 21.1 Å². The van der Waals surface area contributed by atoms with Gasteiger partial charge in [0.15, 0.2) is 6.79 Å². The fourth-order valence-corrected chi connectivity index (χ4v) is 2.02. The van der Waals surface area contributed by atoms with Gasteiger partial charge in [-0.1, -0.05) is 37.6 Å². The maximum atomic E-state index is 6.19. The van der Waals surface area contributed by atoms with E-state index in [9.17, 15) is 0 Å². The largest absolute Gasteiger partial charge is 0.466 e. The summed E-state index contributed by atoms with van der Waals surface area (Å²) in [6.45, 7) is 6.04. The Morgan fingerprint density at radius 1 is 1.37 bits per heavy atom. The molecule has 1 aliphatic rings. The molecule has 1 saturated carbocycles. The third-order valence-corrected chi connectivity index (χ3v) is 3.38. The fourth-order valence-electron chi connectivity index (χ4n) is 1.77. The molecule has 0 heterocycles. The Balaban J connectivity index is 1.87. The second kappa shape index (κ2) is 7.13. The summed E-state index contributed by atoms with van der Waals surface area (Å²) in [5.74, 6) is 1.48. The first-order chi connectivity index (χ1) is 9.16. The summed E-state index contributed by atoms with van der Waals surface area (Å²) in [7, 11) is 0. The van der Waals surface area contributed by atoms with Crippen LogP contribution in [0, 0.1) is 5.92 Å². The lowest BCUT2D eigenvalue weighted by Crippen LogP contribution is -2.22. The molecule has 0 aliphatic heterocycles. The van der Waals surface area contributed by atoms with Crippen LogP contribution in [0.15, 0.2) is 18.2 Å². The third kappa shape index (κ3) is 5.01. The number of rotatable bonds is 8. The quantitative estimate of drug-likeness (QED) is 0.584. The van der Waals surface area contributed by atoms with Crippen LogP contribution in [0.2, 0.25) is 5.02 Å². The Kier molecular flexibility index (Phi) is 5.49. The van der Waals surface area contributed by atoms with Gasteiger partial charge in [-0.05, 0) is 24.8 Å². The van der Waals surface area contributed by atoms with Crippen LogP contribution in [0.4, 0.5) is 0 Å². The number of hydrogen-bond acceptors (Lipinski definition) is 3. The Bertz CT molecular complexity index is 405. The molecule has 106 valence electrons. The summed E-state index contributed by atoms with van der Waals surface area (Å²) in [4.78, 5) is 0. The standard InChI is InChI=1S/C15H22ClNO2/c1-11(2)17-8-13-4-3-5-14(16)15(13)19-10-18-9-12-6-7-12/h3-5,11-12,17H,6-10H2,1-2H3. The van der Waals surface area contributed by atoms with E-state index < -0.39 is 0 Å². The van der Waals surface area contributed by atoms with Crippen molar-refractivity contribution in [3.05, 3.63) is 28.8 Å². The fraction of sp³-hybridized carbons (Fsp3) is 0.600. The van der Waals surface area contributed by atoms with Gasteiger partial charge in [0.05, 0.1) is 11.6 Å². The van der Waals surface area contributed by atoms with Gasteiger partial charge in [-0.3, -0.25) is 0 Å². The molecule has 2 rings (SSSR count). The zero-order chi connectivity index (χ0) is 13.7. The molecule has 1 N–H and O–H groups in total. The van der Waals surface area contributed by atoms with E-state index in [-0.39, 0.29) is 6.79 Å². The third-order valence-electron chi connectivity index (χ3n) is 3.09. The molecule has 0 aromatic heterocycles. The highest BCUT2D eigenvalue weighted by molar-refractivity contribution is 6.32. The average molecular weight is 284 g/mol. The van der Waals surface area contributed by atoms with Gasteiger partial charge in [0.25, 0.3) is 0 Å². The monoisotopic (exact) mass is 283 g/mol. The highest BCUT2D eigenvalue weighted by atomic mass is 35.5. The summed E-state index contributed by atoms with van der Waals surface area (Å²) >= 11 is 6.19. The molecule has 0 atom stereocenters. The van der Waals surface area contributed by atoms with Crippen molar-refractivity contribution < 1.29 is 9.47 Å². The first-order valence-electron chi connectivity index (χ1n) is 6.88. The molecule has 0 spiro atoms. The van der Waals surface area contributed by atoms with E-state index in [2.05, 4.69) is 19.2 Å². The molecule has 1 aromatic carbocycles. The number of ether oxygens (including phenoxy) is 2. The minimum Gasteiger partial charge on any atom is -0.466 e. The first-order valence-corrected chi connectivity index (χ1v) is 7.26. The summed E-state index contributed by atoms with van der Waals surface area (Å²) in [6, 6.07) is 6.24. The van der Waals surface area contributed by atoms with Gasteiger partial charge in [-0.2, -0.15) is 0 Å². The highest BCUT2D eigenvalue weighted by Crippen LogP contribution is 2.30. The van der Waals surface area contributed by atoms with Crippen LogP contribution in [0.5, 0.6) is 5.75 Å². The van der Waals surface area contributed by atoms with E-state index in [1.165, 1.54) is 12.8 Å². The second-order valence-corrected chi connectivity index (χ2v) is 5.75. The van der Waals surface area contributed by atoms with Crippen molar-refractivity contribution in [2.24, 2.45) is 5.92 Å². The van der Waals surface area contributed by atoms with Crippen molar-refractivity contribution in [2.45, 2.75) is 39.3 Å². The number of benzene rings is 1. The molecule has 1 aliphatic carbocycles. The van der Waals surface area contributed by atoms with Gasteiger partial charge in [0, 0.05) is 18.2 Å². The molecule has 3 nitrogen and oxygen atoms in total. The van der Waals surface area contributed by atoms with E-state index in [1.807, 2.05) is 18.2 Å². The van der Waals surface area contributed by atoms with E-state index in [0.29, 0.717) is 11.1 Å². The van der Waals surface area contributed by atoms with Crippen LogP contribution in [-0.4, -0.2) is 19.4 Å².